The molecule has 2 aliphatic rings. The highest BCUT2D eigenvalue weighted by Crippen LogP contribution is 2.40. The number of imide groups is 1. The SMILES string of the molecule is CCC1(CC)NC(=O)N(CC(=O)NC(c2ccccc2)C2CC2)C1=O. The van der Waals surface area contributed by atoms with Crippen molar-refractivity contribution in [3.8, 4) is 0 Å². The number of hydrogen-bond donors (Lipinski definition) is 2. The van der Waals surface area contributed by atoms with E-state index in [1.807, 2.05) is 44.2 Å². The fourth-order valence-electron chi connectivity index (χ4n) is 3.48. The third-order valence-corrected chi connectivity index (χ3v) is 5.32. The number of nitrogens with one attached hydrogen (secondary N) is 2. The van der Waals surface area contributed by atoms with Crippen LogP contribution in [0.25, 0.3) is 0 Å². The van der Waals surface area contributed by atoms with Gasteiger partial charge in [0.15, 0.2) is 0 Å². The number of urea groups is 1. The number of amides is 4. The van der Waals surface area contributed by atoms with E-state index >= 15 is 0 Å². The molecule has 1 aromatic carbocycles. The van der Waals surface area contributed by atoms with Gasteiger partial charge < -0.3 is 10.6 Å². The van der Waals surface area contributed by atoms with Crippen LogP contribution >= 0.6 is 0 Å². The standard InChI is InChI=1S/C19H25N3O3/c1-3-19(4-2)17(24)22(18(25)21-19)12-15(23)20-16(14-10-11-14)13-8-6-5-7-9-13/h5-9,14,16H,3-4,10-12H2,1-2H3,(H,20,23)(H,21,25). The van der Waals surface area contributed by atoms with Crippen LogP contribution in [-0.4, -0.2) is 34.8 Å². The van der Waals surface area contributed by atoms with E-state index in [4.69, 9.17) is 0 Å². The predicted octanol–water partition coefficient (Wildman–Crippen LogP) is 2.36. The van der Waals surface area contributed by atoms with Crippen LogP contribution in [0.3, 0.4) is 0 Å². The molecule has 0 aromatic heterocycles. The highest BCUT2D eigenvalue weighted by molar-refractivity contribution is 6.09. The smallest absolute Gasteiger partial charge is 0.325 e. The fourth-order valence-corrected chi connectivity index (χ4v) is 3.48. The zero-order valence-electron chi connectivity index (χ0n) is 14.7. The maximum Gasteiger partial charge on any atom is 0.325 e. The maximum atomic E-state index is 12.6. The molecule has 0 spiro atoms. The topological polar surface area (TPSA) is 78.5 Å². The molecule has 6 nitrogen and oxygen atoms in total. The summed E-state index contributed by atoms with van der Waals surface area (Å²) in [6, 6.07) is 9.29. The number of benzene rings is 1. The number of hydrogen-bond acceptors (Lipinski definition) is 3. The summed E-state index contributed by atoms with van der Waals surface area (Å²) in [5.74, 6) is -0.174. The molecule has 1 saturated heterocycles. The summed E-state index contributed by atoms with van der Waals surface area (Å²) in [6.45, 7) is 3.50. The highest BCUT2D eigenvalue weighted by Gasteiger charge is 2.49. The molecule has 4 amide bonds. The van der Waals surface area contributed by atoms with E-state index in [9.17, 15) is 14.4 Å². The van der Waals surface area contributed by atoms with E-state index in [-0.39, 0.29) is 24.4 Å². The van der Waals surface area contributed by atoms with Crippen molar-refractivity contribution in [3.63, 3.8) is 0 Å². The van der Waals surface area contributed by atoms with Gasteiger partial charge in [0.2, 0.25) is 5.91 Å². The molecule has 2 N–H and O–H groups in total. The molecule has 1 aliphatic heterocycles. The van der Waals surface area contributed by atoms with Crippen molar-refractivity contribution >= 4 is 17.8 Å². The van der Waals surface area contributed by atoms with Gasteiger partial charge in [-0.3, -0.25) is 14.5 Å². The van der Waals surface area contributed by atoms with Crippen molar-refractivity contribution in [3.05, 3.63) is 35.9 Å². The molecule has 1 aliphatic carbocycles. The molecule has 1 saturated carbocycles. The van der Waals surface area contributed by atoms with Crippen LogP contribution in [-0.2, 0) is 9.59 Å². The van der Waals surface area contributed by atoms with Crippen molar-refractivity contribution in [2.75, 3.05) is 6.54 Å². The Morgan fingerprint density at radius 3 is 2.40 bits per heavy atom. The quantitative estimate of drug-likeness (QED) is 0.746. The van der Waals surface area contributed by atoms with E-state index in [1.165, 1.54) is 0 Å². The summed E-state index contributed by atoms with van der Waals surface area (Å²) in [7, 11) is 0. The van der Waals surface area contributed by atoms with E-state index in [1.54, 1.807) is 0 Å². The molecular weight excluding hydrogens is 318 g/mol. The van der Waals surface area contributed by atoms with Gasteiger partial charge in [-0.15, -0.1) is 0 Å². The molecule has 134 valence electrons. The Kier molecular flexibility index (Phi) is 4.79. The normalized spacial score (nSPS) is 20.3. The minimum Gasteiger partial charge on any atom is -0.347 e. The summed E-state index contributed by atoms with van der Waals surface area (Å²) in [5, 5.41) is 5.76. The first-order chi connectivity index (χ1) is 12.0. The van der Waals surface area contributed by atoms with Gasteiger partial charge in [-0.2, -0.15) is 0 Å². The molecule has 0 bridgehead atoms. The van der Waals surface area contributed by atoms with Gasteiger partial charge in [-0.25, -0.2) is 4.79 Å². The molecular formula is C19H25N3O3. The molecule has 2 fully saturated rings. The van der Waals surface area contributed by atoms with Crippen LogP contribution in [0.2, 0.25) is 0 Å². The lowest BCUT2D eigenvalue weighted by molar-refractivity contribution is -0.135. The van der Waals surface area contributed by atoms with Crippen LogP contribution in [0.5, 0.6) is 0 Å². The van der Waals surface area contributed by atoms with Crippen molar-refractivity contribution in [2.24, 2.45) is 5.92 Å². The minimum atomic E-state index is -0.868. The van der Waals surface area contributed by atoms with Crippen LogP contribution in [0, 0.1) is 5.92 Å². The van der Waals surface area contributed by atoms with Gasteiger partial charge >= 0.3 is 6.03 Å². The van der Waals surface area contributed by atoms with Gasteiger partial charge in [-0.05, 0) is 37.2 Å². The van der Waals surface area contributed by atoms with Gasteiger partial charge in [0.1, 0.15) is 12.1 Å². The lowest BCUT2D eigenvalue weighted by atomic mass is 9.93. The second-order valence-corrected chi connectivity index (χ2v) is 6.90. The molecule has 1 heterocycles. The Balaban J connectivity index is 1.68. The predicted molar refractivity (Wildman–Crippen MR) is 93.6 cm³/mol. The molecule has 0 radical (unpaired) electrons. The van der Waals surface area contributed by atoms with Crippen LogP contribution in [0.1, 0.15) is 51.1 Å². The molecule has 6 heteroatoms. The van der Waals surface area contributed by atoms with Gasteiger partial charge in [0, 0.05) is 0 Å². The Labute approximate surface area is 148 Å². The van der Waals surface area contributed by atoms with Crippen molar-refractivity contribution in [2.45, 2.75) is 51.1 Å². The highest BCUT2D eigenvalue weighted by atomic mass is 16.2. The summed E-state index contributed by atoms with van der Waals surface area (Å²) in [6.07, 6.45) is 3.19. The monoisotopic (exact) mass is 343 g/mol. The van der Waals surface area contributed by atoms with Crippen molar-refractivity contribution in [1.29, 1.82) is 0 Å². The van der Waals surface area contributed by atoms with Crippen molar-refractivity contribution in [1.82, 2.24) is 15.5 Å². The zero-order valence-corrected chi connectivity index (χ0v) is 14.7. The van der Waals surface area contributed by atoms with Crippen LogP contribution < -0.4 is 10.6 Å². The lowest BCUT2D eigenvalue weighted by Crippen LogP contribution is -2.47. The lowest BCUT2D eigenvalue weighted by Gasteiger charge is -2.23. The molecule has 25 heavy (non-hydrogen) atoms. The van der Waals surface area contributed by atoms with Crippen molar-refractivity contribution < 1.29 is 14.4 Å². The Morgan fingerprint density at radius 1 is 1.24 bits per heavy atom. The molecule has 3 rings (SSSR count). The Bertz CT molecular complexity index is 666. The first kappa shape index (κ1) is 17.5. The average molecular weight is 343 g/mol. The van der Waals surface area contributed by atoms with E-state index < -0.39 is 11.6 Å². The third kappa shape index (κ3) is 3.38. The second kappa shape index (κ2) is 6.86. The first-order valence-corrected chi connectivity index (χ1v) is 8.99. The molecule has 1 atom stereocenters. The van der Waals surface area contributed by atoms with Crippen LogP contribution in [0.15, 0.2) is 30.3 Å². The first-order valence-electron chi connectivity index (χ1n) is 8.99. The summed E-state index contributed by atoms with van der Waals surface area (Å²) >= 11 is 0. The van der Waals surface area contributed by atoms with Gasteiger partial charge in [0.05, 0.1) is 6.04 Å². The fraction of sp³-hybridized carbons (Fsp3) is 0.526. The molecule has 1 aromatic rings. The summed E-state index contributed by atoms with van der Waals surface area (Å²) < 4.78 is 0. The zero-order chi connectivity index (χ0) is 18.0. The van der Waals surface area contributed by atoms with Gasteiger partial charge in [-0.1, -0.05) is 44.2 Å². The minimum absolute atomic E-state index is 0.0587. The number of carbonyl (C=O) groups is 3. The third-order valence-electron chi connectivity index (χ3n) is 5.32. The summed E-state index contributed by atoms with van der Waals surface area (Å²) in [5.41, 5.74) is 0.194. The largest absolute Gasteiger partial charge is 0.347 e. The Morgan fingerprint density at radius 2 is 1.88 bits per heavy atom. The maximum absolute atomic E-state index is 12.6. The number of nitrogens with zero attached hydrogens (tertiary/aromatic N) is 1. The summed E-state index contributed by atoms with van der Waals surface area (Å²) in [4.78, 5) is 38.3. The van der Waals surface area contributed by atoms with Crippen LogP contribution in [0.4, 0.5) is 4.79 Å². The average Bonchev–Trinajstić information content (AvgIpc) is 3.44. The second-order valence-electron chi connectivity index (χ2n) is 6.90. The Hall–Kier alpha value is -2.37. The number of rotatable bonds is 7. The van der Waals surface area contributed by atoms with E-state index in [0.717, 1.165) is 23.3 Å². The van der Waals surface area contributed by atoms with E-state index in [2.05, 4.69) is 10.6 Å². The van der Waals surface area contributed by atoms with Gasteiger partial charge in [0.25, 0.3) is 5.91 Å². The molecule has 1 unspecified atom stereocenters. The number of carbonyl (C=O) groups excluding carboxylic acids is 3. The van der Waals surface area contributed by atoms with E-state index in [0.29, 0.717) is 18.8 Å².